The summed E-state index contributed by atoms with van der Waals surface area (Å²) in [6, 6.07) is 0. The number of carbonyl (C=O) groups is 3. The molecular formula is C18H28O8. The van der Waals surface area contributed by atoms with E-state index in [1.165, 1.54) is 13.8 Å². The molecule has 0 spiro atoms. The van der Waals surface area contributed by atoms with Gasteiger partial charge in [0.1, 0.15) is 6.10 Å². The van der Waals surface area contributed by atoms with Gasteiger partial charge in [-0.05, 0) is 20.8 Å². The van der Waals surface area contributed by atoms with Gasteiger partial charge in [0.05, 0.1) is 19.8 Å². The summed E-state index contributed by atoms with van der Waals surface area (Å²) in [5, 5.41) is 15.8. The van der Waals surface area contributed by atoms with E-state index in [0.29, 0.717) is 37.9 Å². The van der Waals surface area contributed by atoms with E-state index in [2.05, 4.69) is 19.7 Å². The van der Waals surface area contributed by atoms with Crippen LogP contribution in [0, 0.1) is 0 Å². The Morgan fingerprint density at radius 1 is 0.962 bits per heavy atom. The molecule has 0 radical (unpaired) electrons. The molecule has 1 atom stereocenters. The maximum Gasteiger partial charge on any atom is 0.333 e. The Balaban J connectivity index is 0. The van der Waals surface area contributed by atoms with Crippen LogP contribution in [0.1, 0.15) is 27.2 Å². The highest BCUT2D eigenvalue weighted by Crippen LogP contribution is 2.08. The van der Waals surface area contributed by atoms with Crippen LogP contribution in [0.5, 0.6) is 0 Å². The summed E-state index contributed by atoms with van der Waals surface area (Å²) in [4.78, 5) is 30.1. The van der Waals surface area contributed by atoms with Crippen molar-refractivity contribution in [2.75, 3.05) is 26.4 Å². The van der Waals surface area contributed by atoms with Crippen LogP contribution in [0.15, 0.2) is 36.5 Å². The number of carboxylic acids is 2. The van der Waals surface area contributed by atoms with Gasteiger partial charge in [0.15, 0.2) is 0 Å². The number of aliphatic carboxylic acids is 2. The Bertz CT molecular complexity index is 469. The zero-order valence-electron chi connectivity index (χ0n) is 15.6. The van der Waals surface area contributed by atoms with E-state index in [4.69, 9.17) is 24.4 Å². The monoisotopic (exact) mass is 372 g/mol. The number of epoxide rings is 1. The maximum atomic E-state index is 10.9. The quantitative estimate of drug-likeness (QED) is 0.273. The molecule has 2 N–H and O–H groups in total. The van der Waals surface area contributed by atoms with Crippen molar-refractivity contribution in [3.05, 3.63) is 36.5 Å². The van der Waals surface area contributed by atoms with Gasteiger partial charge < -0.3 is 24.4 Å². The van der Waals surface area contributed by atoms with Crippen molar-refractivity contribution in [2.45, 2.75) is 33.3 Å². The van der Waals surface area contributed by atoms with Gasteiger partial charge in [0.2, 0.25) is 0 Å². The predicted octanol–water partition coefficient (Wildman–Crippen LogP) is 2.21. The minimum absolute atomic E-state index is 0.176. The molecule has 0 aromatic carbocycles. The molecule has 26 heavy (non-hydrogen) atoms. The molecule has 0 saturated carbocycles. The molecule has 1 aliphatic rings. The molecule has 1 rings (SSSR count). The van der Waals surface area contributed by atoms with Crippen LogP contribution < -0.4 is 0 Å². The second kappa shape index (κ2) is 14.9. The average molecular weight is 372 g/mol. The van der Waals surface area contributed by atoms with Gasteiger partial charge in [0.25, 0.3) is 0 Å². The molecule has 148 valence electrons. The lowest BCUT2D eigenvalue weighted by molar-refractivity contribution is -0.139. The fourth-order valence-electron chi connectivity index (χ4n) is 0.828. The Morgan fingerprint density at radius 3 is 1.69 bits per heavy atom. The third kappa shape index (κ3) is 19.6. The van der Waals surface area contributed by atoms with Gasteiger partial charge in [-0.2, -0.15) is 0 Å². The Morgan fingerprint density at radius 2 is 1.38 bits per heavy atom. The van der Waals surface area contributed by atoms with Crippen molar-refractivity contribution in [2.24, 2.45) is 0 Å². The number of hydrogen-bond acceptors (Lipinski definition) is 6. The van der Waals surface area contributed by atoms with Gasteiger partial charge in [-0.15, -0.1) is 0 Å². The molecule has 1 aliphatic heterocycles. The van der Waals surface area contributed by atoms with Crippen LogP contribution in [0.4, 0.5) is 0 Å². The Labute approximate surface area is 153 Å². The van der Waals surface area contributed by atoms with E-state index in [9.17, 15) is 14.4 Å². The van der Waals surface area contributed by atoms with Crippen LogP contribution in [0.3, 0.4) is 0 Å². The first-order chi connectivity index (χ1) is 12.0. The van der Waals surface area contributed by atoms with Gasteiger partial charge >= 0.3 is 17.9 Å². The normalized spacial score (nSPS) is 13.7. The van der Waals surface area contributed by atoms with E-state index < -0.39 is 11.9 Å². The van der Waals surface area contributed by atoms with Crippen molar-refractivity contribution in [1.82, 2.24) is 0 Å². The fourth-order valence-corrected chi connectivity index (χ4v) is 0.828. The van der Waals surface area contributed by atoms with Crippen molar-refractivity contribution in [3.8, 4) is 0 Å². The minimum atomic E-state index is -0.935. The third-order valence-electron chi connectivity index (χ3n) is 2.45. The fraction of sp³-hybridized carbons (Fsp3) is 0.500. The van der Waals surface area contributed by atoms with Crippen molar-refractivity contribution < 1.29 is 38.8 Å². The van der Waals surface area contributed by atoms with Crippen molar-refractivity contribution >= 4 is 17.9 Å². The molecule has 1 fully saturated rings. The first-order valence-electron chi connectivity index (χ1n) is 7.78. The van der Waals surface area contributed by atoms with Crippen LogP contribution in [0.2, 0.25) is 0 Å². The molecule has 1 heterocycles. The average Bonchev–Trinajstić information content (AvgIpc) is 3.35. The number of esters is 1. The number of ether oxygens (including phenoxy) is 3. The number of carboxylic acid groups (broad SMARTS) is 2. The predicted molar refractivity (Wildman–Crippen MR) is 95.8 cm³/mol. The van der Waals surface area contributed by atoms with E-state index in [-0.39, 0.29) is 17.1 Å². The third-order valence-corrected chi connectivity index (χ3v) is 2.45. The van der Waals surface area contributed by atoms with Gasteiger partial charge in [-0.1, -0.05) is 19.7 Å². The van der Waals surface area contributed by atoms with Crippen molar-refractivity contribution in [3.63, 3.8) is 0 Å². The van der Waals surface area contributed by atoms with E-state index in [0.717, 1.165) is 6.61 Å². The molecule has 0 bridgehead atoms. The molecule has 1 saturated heterocycles. The summed E-state index contributed by atoms with van der Waals surface area (Å²) in [6.45, 7) is 16.8. The Kier molecular flexibility index (Phi) is 14.7. The van der Waals surface area contributed by atoms with Crippen LogP contribution in [-0.4, -0.2) is 60.7 Å². The topological polar surface area (TPSA) is 123 Å². The van der Waals surface area contributed by atoms with Gasteiger partial charge in [-0.3, -0.25) is 0 Å². The number of rotatable bonds is 9. The molecule has 1 unspecified atom stereocenters. The second-order valence-corrected chi connectivity index (χ2v) is 5.47. The highest BCUT2D eigenvalue weighted by Gasteiger charge is 2.21. The van der Waals surface area contributed by atoms with E-state index in [1.807, 2.05) is 0 Å². The summed E-state index contributed by atoms with van der Waals surface area (Å²) in [6.07, 6.45) is 1.01. The standard InChI is InChI=1S/C10H16O4.2C4H6O2/c1-8(2)10(11)13-5-3-4-12-6-9-7-14-9;2*1-3(2)4(5)6/h9H,1,3-7H2,2H3;2*1H2,2H3,(H,5,6). The highest BCUT2D eigenvalue weighted by atomic mass is 16.6. The van der Waals surface area contributed by atoms with Crippen LogP contribution in [0.25, 0.3) is 0 Å². The molecular weight excluding hydrogens is 344 g/mol. The van der Waals surface area contributed by atoms with Crippen LogP contribution >= 0.6 is 0 Å². The molecule has 0 amide bonds. The van der Waals surface area contributed by atoms with E-state index in [1.54, 1.807) is 6.92 Å². The SMILES string of the molecule is C=C(C)C(=O)O.C=C(C)C(=O)O.C=C(C)C(=O)OCCCOCC1CO1. The molecule has 0 aliphatic carbocycles. The van der Waals surface area contributed by atoms with Gasteiger partial charge in [0, 0.05) is 29.7 Å². The first kappa shape index (κ1) is 25.8. The summed E-state index contributed by atoms with van der Waals surface area (Å²) in [5.41, 5.74) is 0.780. The van der Waals surface area contributed by atoms with Gasteiger partial charge in [-0.25, -0.2) is 14.4 Å². The summed E-state index contributed by atoms with van der Waals surface area (Å²) in [7, 11) is 0. The zero-order chi connectivity index (χ0) is 20.7. The lowest BCUT2D eigenvalue weighted by atomic mass is 10.4. The van der Waals surface area contributed by atoms with E-state index >= 15 is 0 Å². The maximum absolute atomic E-state index is 10.9. The number of carbonyl (C=O) groups excluding carboxylic acids is 1. The molecule has 8 nitrogen and oxygen atoms in total. The zero-order valence-corrected chi connectivity index (χ0v) is 15.6. The smallest absolute Gasteiger partial charge is 0.333 e. The summed E-state index contributed by atoms with van der Waals surface area (Å²) in [5.74, 6) is -2.21. The van der Waals surface area contributed by atoms with Crippen LogP contribution in [-0.2, 0) is 28.6 Å². The lowest BCUT2D eigenvalue weighted by Crippen LogP contribution is -2.09. The summed E-state index contributed by atoms with van der Waals surface area (Å²) < 4.78 is 15.1. The number of hydrogen-bond donors (Lipinski definition) is 2. The largest absolute Gasteiger partial charge is 0.478 e. The molecule has 0 aromatic rings. The second-order valence-electron chi connectivity index (χ2n) is 5.47. The molecule has 0 aromatic heterocycles. The lowest BCUT2D eigenvalue weighted by Gasteiger charge is -2.04. The first-order valence-corrected chi connectivity index (χ1v) is 7.78. The highest BCUT2D eigenvalue weighted by molar-refractivity contribution is 5.87. The van der Waals surface area contributed by atoms with Crippen molar-refractivity contribution in [1.29, 1.82) is 0 Å². The Hall–Kier alpha value is -2.45. The molecule has 8 heteroatoms. The minimum Gasteiger partial charge on any atom is -0.478 e. The summed E-state index contributed by atoms with van der Waals surface area (Å²) >= 11 is 0.